The van der Waals surface area contributed by atoms with E-state index in [1.807, 2.05) is 0 Å². The third-order valence-electron chi connectivity index (χ3n) is 4.92. The number of nitro groups is 1. The summed E-state index contributed by atoms with van der Waals surface area (Å²) < 4.78 is 0. The smallest absolute Gasteiger partial charge is 0.273 e. The Hall–Kier alpha value is -1.95. The maximum atomic E-state index is 12.2. The van der Waals surface area contributed by atoms with Crippen LogP contribution < -0.4 is 5.32 Å². The van der Waals surface area contributed by atoms with Crippen molar-refractivity contribution in [3.05, 3.63) is 39.4 Å². The Morgan fingerprint density at radius 1 is 1.33 bits per heavy atom. The molecule has 24 heavy (non-hydrogen) atoms. The van der Waals surface area contributed by atoms with Gasteiger partial charge in [-0.1, -0.05) is 25.3 Å². The van der Waals surface area contributed by atoms with Gasteiger partial charge in [0.25, 0.3) is 11.6 Å². The van der Waals surface area contributed by atoms with Crippen LogP contribution in [0.15, 0.2) is 18.2 Å². The highest BCUT2D eigenvalue weighted by molar-refractivity contribution is 5.96. The van der Waals surface area contributed by atoms with Gasteiger partial charge in [-0.2, -0.15) is 0 Å². The third-order valence-corrected chi connectivity index (χ3v) is 4.92. The lowest BCUT2D eigenvalue weighted by Crippen LogP contribution is -2.36. The Morgan fingerprint density at radius 2 is 2.04 bits per heavy atom. The monoisotopic (exact) mass is 333 g/mol. The number of benzene rings is 1. The Morgan fingerprint density at radius 3 is 2.71 bits per heavy atom. The van der Waals surface area contributed by atoms with Gasteiger partial charge in [0.05, 0.1) is 4.92 Å². The summed E-state index contributed by atoms with van der Waals surface area (Å²) >= 11 is 0. The zero-order valence-corrected chi connectivity index (χ0v) is 14.6. The zero-order chi connectivity index (χ0) is 17.5. The fourth-order valence-corrected chi connectivity index (χ4v) is 3.40. The van der Waals surface area contributed by atoms with Crippen LogP contribution in [0.3, 0.4) is 0 Å². The molecule has 1 aromatic rings. The molecule has 1 aliphatic carbocycles. The van der Waals surface area contributed by atoms with Crippen LogP contribution in [0.25, 0.3) is 0 Å². The van der Waals surface area contributed by atoms with E-state index in [0.717, 1.165) is 13.0 Å². The summed E-state index contributed by atoms with van der Waals surface area (Å²) in [5.74, 6) is -0.239. The first-order valence-corrected chi connectivity index (χ1v) is 8.73. The second-order valence-electron chi connectivity index (χ2n) is 6.59. The van der Waals surface area contributed by atoms with Gasteiger partial charge in [0.15, 0.2) is 0 Å². The van der Waals surface area contributed by atoms with Crippen molar-refractivity contribution in [2.75, 3.05) is 20.1 Å². The molecule has 1 aliphatic rings. The first-order valence-electron chi connectivity index (χ1n) is 8.73. The van der Waals surface area contributed by atoms with Crippen molar-refractivity contribution in [3.63, 3.8) is 0 Å². The van der Waals surface area contributed by atoms with Gasteiger partial charge in [0.1, 0.15) is 0 Å². The minimum Gasteiger partial charge on any atom is -0.352 e. The van der Waals surface area contributed by atoms with Crippen molar-refractivity contribution in [2.24, 2.45) is 0 Å². The van der Waals surface area contributed by atoms with Crippen LogP contribution in [-0.2, 0) is 0 Å². The quantitative estimate of drug-likeness (QED) is 0.472. The molecule has 0 bridgehead atoms. The lowest BCUT2D eigenvalue weighted by Gasteiger charge is -2.31. The Kier molecular flexibility index (Phi) is 6.73. The average Bonchev–Trinajstić information content (AvgIpc) is 2.59. The number of amides is 1. The second kappa shape index (κ2) is 8.78. The van der Waals surface area contributed by atoms with E-state index in [0.29, 0.717) is 23.7 Å². The van der Waals surface area contributed by atoms with Crippen LogP contribution in [0.4, 0.5) is 5.69 Å². The number of nitro benzene ring substituents is 1. The Bertz CT molecular complexity index is 583. The molecule has 0 aliphatic heterocycles. The van der Waals surface area contributed by atoms with Crippen LogP contribution in [0.5, 0.6) is 0 Å². The standard InChI is InChI=1S/C18H27N3O3/c1-14-16(10-6-11-17(14)21(23)24)18(22)19-12-7-13-20(2)15-8-4-3-5-9-15/h6,10-11,15H,3-5,7-9,12-13H2,1-2H3,(H,19,22). The van der Waals surface area contributed by atoms with E-state index < -0.39 is 4.92 Å². The predicted octanol–water partition coefficient (Wildman–Crippen LogP) is 3.29. The van der Waals surface area contributed by atoms with Crippen LogP contribution in [-0.4, -0.2) is 41.9 Å². The summed E-state index contributed by atoms with van der Waals surface area (Å²) in [4.78, 5) is 25.1. The molecule has 0 atom stereocenters. The van der Waals surface area contributed by atoms with E-state index in [4.69, 9.17) is 0 Å². The van der Waals surface area contributed by atoms with E-state index in [1.165, 1.54) is 38.2 Å². The topological polar surface area (TPSA) is 75.5 Å². The minimum atomic E-state index is -0.453. The maximum absolute atomic E-state index is 12.2. The molecule has 6 nitrogen and oxygen atoms in total. The molecule has 0 radical (unpaired) electrons. The fourth-order valence-electron chi connectivity index (χ4n) is 3.40. The normalized spacial score (nSPS) is 15.5. The minimum absolute atomic E-state index is 0.0142. The van der Waals surface area contributed by atoms with Gasteiger partial charge in [-0.15, -0.1) is 0 Å². The van der Waals surface area contributed by atoms with Gasteiger partial charge in [-0.05, 0) is 45.8 Å². The molecular formula is C18H27N3O3. The Labute approximate surface area is 143 Å². The first kappa shape index (κ1) is 18.4. The highest BCUT2D eigenvalue weighted by Crippen LogP contribution is 2.22. The lowest BCUT2D eigenvalue weighted by atomic mass is 9.94. The summed E-state index contributed by atoms with van der Waals surface area (Å²) in [5, 5.41) is 13.8. The number of carbonyl (C=O) groups is 1. The molecule has 0 heterocycles. The van der Waals surface area contributed by atoms with E-state index in [2.05, 4.69) is 17.3 Å². The molecule has 132 valence electrons. The van der Waals surface area contributed by atoms with Crippen molar-refractivity contribution < 1.29 is 9.72 Å². The number of hydrogen-bond acceptors (Lipinski definition) is 4. The average molecular weight is 333 g/mol. The van der Waals surface area contributed by atoms with Gasteiger partial charge >= 0.3 is 0 Å². The fraction of sp³-hybridized carbons (Fsp3) is 0.611. The summed E-state index contributed by atoms with van der Waals surface area (Å²) in [6.07, 6.45) is 7.41. The number of rotatable bonds is 7. The summed E-state index contributed by atoms with van der Waals surface area (Å²) in [6, 6.07) is 5.28. The molecule has 1 aromatic carbocycles. The molecule has 0 aromatic heterocycles. The molecule has 1 saturated carbocycles. The van der Waals surface area contributed by atoms with Crippen molar-refractivity contribution in [1.29, 1.82) is 0 Å². The Balaban J connectivity index is 1.79. The first-order chi connectivity index (χ1) is 11.5. The molecule has 0 unspecified atom stereocenters. The van der Waals surface area contributed by atoms with Gasteiger partial charge in [-0.25, -0.2) is 0 Å². The predicted molar refractivity (Wildman–Crippen MR) is 94.3 cm³/mol. The van der Waals surface area contributed by atoms with Gasteiger partial charge in [-0.3, -0.25) is 14.9 Å². The molecule has 1 N–H and O–H groups in total. The molecule has 2 rings (SSSR count). The number of carbonyl (C=O) groups excluding carboxylic acids is 1. The van der Waals surface area contributed by atoms with Crippen LogP contribution >= 0.6 is 0 Å². The van der Waals surface area contributed by atoms with Crippen molar-refractivity contribution >= 4 is 11.6 Å². The van der Waals surface area contributed by atoms with Crippen molar-refractivity contribution in [3.8, 4) is 0 Å². The van der Waals surface area contributed by atoms with Crippen LogP contribution in [0, 0.1) is 17.0 Å². The zero-order valence-electron chi connectivity index (χ0n) is 14.6. The third kappa shape index (κ3) is 4.77. The molecule has 0 saturated heterocycles. The summed E-state index contributed by atoms with van der Waals surface area (Å²) in [6.45, 7) is 3.15. The van der Waals surface area contributed by atoms with E-state index in [-0.39, 0.29) is 11.6 Å². The molecule has 6 heteroatoms. The van der Waals surface area contributed by atoms with Crippen LogP contribution in [0.2, 0.25) is 0 Å². The van der Waals surface area contributed by atoms with E-state index >= 15 is 0 Å². The highest BCUT2D eigenvalue weighted by Gasteiger charge is 2.19. The number of nitrogens with zero attached hydrogens (tertiary/aromatic N) is 2. The second-order valence-corrected chi connectivity index (χ2v) is 6.59. The SMILES string of the molecule is Cc1c(C(=O)NCCCN(C)C2CCCCC2)cccc1[N+](=O)[O-]. The summed E-state index contributed by atoms with van der Waals surface area (Å²) in [5.41, 5.74) is 0.781. The van der Waals surface area contributed by atoms with Gasteiger partial charge in [0, 0.05) is 29.8 Å². The van der Waals surface area contributed by atoms with Gasteiger partial charge < -0.3 is 10.2 Å². The van der Waals surface area contributed by atoms with E-state index in [9.17, 15) is 14.9 Å². The van der Waals surface area contributed by atoms with Gasteiger partial charge in [0.2, 0.25) is 0 Å². The van der Waals surface area contributed by atoms with Crippen molar-refractivity contribution in [1.82, 2.24) is 10.2 Å². The van der Waals surface area contributed by atoms with E-state index in [1.54, 1.807) is 19.1 Å². The maximum Gasteiger partial charge on any atom is 0.273 e. The highest BCUT2D eigenvalue weighted by atomic mass is 16.6. The summed E-state index contributed by atoms with van der Waals surface area (Å²) in [7, 11) is 2.16. The molecule has 1 amide bonds. The van der Waals surface area contributed by atoms with Crippen LogP contribution in [0.1, 0.15) is 54.4 Å². The molecule has 0 spiro atoms. The van der Waals surface area contributed by atoms with Crippen molar-refractivity contribution in [2.45, 2.75) is 51.5 Å². The lowest BCUT2D eigenvalue weighted by molar-refractivity contribution is -0.385. The number of hydrogen-bond donors (Lipinski definition) is 1. The number of nitrogens with one attached hydrogen (secondary N) is 1. The molecule has 1 fully saturated rings. The molecular weight excluding hydrogens is 306 g/mol. The largest absolute Gasteiger partial charge is 0.352 e.